The van der Waals surface area contributed by atoms with Gasteiger partial charge in [0.1, 0.15) is 11.6 Å². The van der Waals surface area contributed by atoms with Crippen molar-refractivity contribution in [1.82, 2.24) is 19.1 Å². The van der Waals surface area contributed by atoms with Crippen molar-refractivity contribution in [3.63, 3.8) is 0 Å². The molecule has 2 heterocycles. The van der Waals surface area contributed by atoms with Crippen LogP contribution in [0.5, 0.6) is 0 Å². The van der Waals surface area contributed by atoms with Gasteiger partial charge in [-0.25, -0.2) is 9.97 Å². The summed E-state index contributed by atoms with van der Waals surface area (Å²) >= 11 is 3.66. The number of imidazole rings is 2. The first kappa shape index (κ1) is 24.3. The van der Waals surface area contributed by atoms with Crippen LogP contribution in [0.25, 0.3) is 56.0 Å². The van der Waals surface area contributed by atoms with Gasteiger partial charge >= 0.3 is 25.2 Å². The maximum atomic E-state index is 5.05. The third-order valence-electron chi connectivity index (χ3n) is 6.57. The van der Waals surface area contributed by atoms with Gasteiger partial charge in [-0.3, -0.25) is 0 Å². The molecule has 0 N–H and O–H groups in total. The van der Waals surface area contributed by atoms with Crippen LogP contribution in [0.2, 0.25) is 0 Å². The Hall–Kier alpha value is -3.37. The molecule has 0 aliphatic carbocycles. The summed E-state index contributed by atoms with van der Waals surface area (Å²) in [6, 6.07) is 33.9. The number of hydrogen-bond donors (Lipinski definition) is 0. The molecule has 4 aromatic carbocycles. The molecule has 184 valence electrons. The van der Waals surface area contributed by atoms with Gasteiger partial charge < -0.3 is 9.13 Å². The number of fused-ring (bicyclic) bond motifs is 2. The van der Waals surface area contributed by atoms with Gasteiger partial charge in [0.05, 0.1) is 22.1 Å². The molecule has 0 radical (unpaired) electrons. The zero-order chi connectivity index (χ0) is 25.1. The fraction of sp³-hybridized carbons (Fsp3) is 0.133. The van der Waals surface area contributed by atoms with Crippen molar-refractivity contribution in [3.05, 3.63) is 97.1 Å². The Bertz CT molecular complexity index is 1530. The summed E-state index contributed by atoms with van der Waals surface area (Å²) in [5.41, 5.74) is 8.96. The molecule has 0 bridgehead atoms. The molecule has 0 fully saturated rings. The van der Waals surface area contributed by atoms with E-state index in [1.54, 1.807) is 0 Å². The van der Waals surface area contributed by atoms with E-state index < -0.39 is 0 Å². The van der Waals surface area contributed by atoms with E-state index in [1.165, 1.54) is 0 Å². The van der Waals surface area contributed by atoms with Crippen LogP contribution in [0.3, 0.4) is 0 Å². The van der Waals surface area contributed by atoms with E-state index >= 15 is 0 Å². The molecule has 2 aromatic heterocycles. The van der Waals surface area contributed by atoms with Crippen molar-refractivity contribution in [3.8, 4) is 33.9 Å². The predicted molar refractivity (Wildman–Crippen MR) is 147 cm³/mol. The van der Waals surface area contributed by atoms with Gasteiger partial charge in [0.2, 0.25) is 0 Å². The Labute approximate surface area is 223 Å². The van der Waals surface area contributed by atoms with Crippen LogP contribution in [0, 0.1) is 0 Å². The standard InChI is InChI=1S/C30H26N4.ClH.Cu/c1-3-33-27-19-11-9-17-25(27)31-29(33)23-15-7-5-13-21(23)22-14-6-8-16-24(22)30-32-26-18-10-12-20-28(26)34(30)4-2;;/h5-20H,3-4H2,1-2H3;1H;/q;;+1/p-1. The Morgan fingerprint density at radius 1 is 0.528 bits per heavy atom. The molecule has 0 amide bonds. The summed E-state index contributed by atoms with van der Waals surface area (Å²) in [5, 5.41) is 0. The number of benzene rings is 4. The van der Waals surface area contributed by atoms with Crippen molar-refractivity contribution >= 4 is 32.2 Å². The van der Waals surface area contributed by atoms with E-state index in [2.05, 4.69) is 145 Å². The molecule has 0 atom stereocenters. The predicted octanol–water partition coefficient (Wildman–Crippen LogP) is 8.11. The minimum atomic E-state index is 0.859. The molecule has 0 aliphatic rings. The zero-order valence-electron chi connectivity index (χ0n) is 20.1. The van der Waals surface area contributed by atoms with Crippen molar-refractivity contribution in [2.24, 2.45) is 0 Å². The van der Waals surface area contributed by atoms with Gasteiger partial charge in [0.25, 0.3) is 0 Å². The van der Waals surface area contributed by atoms with Crippen LogP contribution in [0.1, 0.15) is 13.8 Å². The maximum absolute atomic E-state index is 5.05. The number of para-hydroxylation sites is 4. The van der Waals surface area contributed by atoms with Gasteiger partial charge in [-0.2, -0.15) is 0 Å². The summed E-state index contributed by atoms with van der Waals surface area (Å²) in [6.07, 6.45) is 0. The summed E-state index contributed by atoms with van der Waals surface area (Å²) in [5.74, 6) is 2.00. The van der Waals surface area contributed by atoms with Gasteiger partial charge in [-0.1, -0.05) is 72.8 Å². The summed E-state index contributed by atoms with van der Waals surface area (Å²) in [4.78, 5) is 10.1. The average Bonchev–Trinajstić information content (AvgIpc) is 3.52. The molecule has 6 heteroatoms. The van der Waals surface area contributed by atoms with Crippen LogP contribution < -0.4 is 0 Å². The molecule has 0 spiro atoms. The van der Waals surface area contributed by atoms with E-state index in [0.717, 1.165) is 69.1 Å². The normalized spacial score (nSPS) is 11.0. The second kappa shape index (κ2) is 10.7. The monoisotopic (exact) mass is 540 g/mol. The Morgan fingerprint density at radius 3 is 1.25 bits per heavy atom. The SMILES string of the molecule is CCn1c(-c2ccccc2-c2ccccc2-c2nc3ccccc3n2CC)nc2ccccc21.[Cl][Cu]. The van der Waals surface area contributed by atoms with Gasteiger partial charge in [-0.05, 0) is 49.2 Å². The third kappa shape index (κ3) is 4.14. The Morgan fingerprint density at radius 2 is 0.861 bits per heavy atom. The number of rotatable bonds is 5. The number of halogens is 1. The van der Waals surface area contributed by atoms with Crippen LogP contribution in [-0.4, -0.2) is 19.1 Å². The fourth-order valence-corrected chi connectivity index (χ4v) is 5.03. The second-order valence-corrected chi connectivity index (χ2v) is 8.43. The van der Waals surface area contributed by atoms with E-state index in [1.807, 2.05) is 0 Å². The van der Waals surface area contributed by atoms with Crippen molar-refractivity contribution in [2.45, 2.75) is 26.9 Å². The summed E-state index contributed by atoms with van der Waals surface area (Å²) in [7, 11) is 4.20. The number of aryl methyl sites for hydroxylation is 2. The van der Waals surface area contributed by atoms with Gasteiger partial charge in [0.15, 0.2) is 0 Å². The molecule has 0 aliphatic heterocycles. The second-order valence-electron chi connectivity index (χ2n) is 8.43. The van der Waals surface area contributed by atoms with Crippen LogP contribution in [0.15, 0.2) is 97.1 Å². The quantitative estimate of drug-likeness (QED) is 0.207. The average molecular weight is 542 g/mol. The molecule has 0 saturated carbocycles. The first-order valence-corrected chi connectivity index (χ1v) is 13.3. The van der Waals surface area contributed by atoms with Crippen molar-refractivity contribution in [1.29, 1.82) is 0 Å². The first-order valence-electron chi connectivity index (χ1n) is 12.0. The van der Waals surface area contributed by atoms with Gasteiger partial charge in [-0.15, -0.1) is 0 Å². The molecule has 0 saturated heterocycles. The van der Waals surface area contributed by atoms with Crippen molar-refractivity contribution in [2.75, 3.05) is 0 Å². The Balaban J connectivity index is 0.00000130. The van der Waals surface area contributed by atoms with Crippen LogP contribution in [0.4, 0.5) is 0 Å². The third-order valence-corrected chi connectivity index (χ3v) is 6.57. The summed E-state index contributed by atoms with van der Waals surface area (Å²) in [6.45, 7) is 6.07. The molecule has 6 rings (SSSR count). The number of hydrogen-bond acceptors (Lipinski definition) is 2. The summed E-state index contributed by atoms with van der Waals surface area (Å²) < 4.78 is 4.61. The van der Waals surface area contributed by atoms with Crippen LogP contribution >= 0.6 is 10.1 Å². The molecule has 4 nitrogen and oxygen atoms in total. The number of aromatic nitrogens is 4. The van der Waals surface area contributed by atoms with E-state index in [-0.39, 0.29) is 0 Å². The molecule has 36 heavy (non-hydrogen) atoms. The van der Waals surface area contributed by atoms with Crippen LogP contribution in [-0.2, 0) is 28.2 Å². The number of nitrogens with zero attached hydrogens (tertiary/aromatic N) is 4. The Kier molecular flexibility index (Phi) is 7.24. The first-order chi connectivity index (χ1) is 17.8. The molecular formula is C30H26ClCuN4. The minimum absolute atomic E-state index is 0.859. The van der Waals surface area contributed by atoms with Gasteiger partial charge in [0, 0.05) is 24.2 Å². The molecular weight excluding hydrogens is 515 g/mol. The van der Waals surface area contributed by atoms with Crippen molar-refractivity contribution < 1.29 is 15.1 Å². The van der Waals surface area contributed by atoms with E-state index in [0.29, 0.717) is 0 Å². The topological polar surface area (TPSA) is 35.6 Å². The van der Waals surface area contributed by atoms with E-state index in [4.69, 9.17) is 9.97 Å². The fourth-order valence-electron chi connectivity index (χ4n) is 5.03. The molecule has 0 unspecified atom stereocenters. The zero-order valence-corrected chi connectivity index (χ0v) is 21.8. The van der Waals surface area contributed by atoms with E-state index in [9.17, 15) is 0 Å². The molecule has 6 aromatic rings.